The van der Waals surface area contributed by atoms with Gasteiger partial charge >= 0.3 is 0 Å². The van der Waals surface area contributed by atoms with Crippen LogP contribution in [0.1, 0.15) is 65.7 Å². The van der Waals surface area contributed by atoms with Gasteiger partial charge in [-0.15, -0.1) is 6.58 Å². The van der Waals surface area contributed by atoms with Crippen LogP contribution in [0, 0.1) is 22.2 Å². The second-order valence-electron chi connectivity index (χ2n) is 8.84. The number of rotatable bonds is 2. The van der Waals surface area contributed by atoms with Gasteiger partial charge in [0.2, 0.25) is 0 Å². The van der Waals surface area contributed by atoms with Crippen molar-refractivity contribution in [2.24, 2.45) is 22.2 Å². The van der Waals surface area contributed by atoms with Crippen molar-refractivity contribution in [1.82, 2.24) is 0 Å². The molecule has 0 saturated heterocycles. The normalized spacial score (nSPS) is 48.6. The topological polar surface area (TPSA) is 40.5 Å². The molecule has 0 aromatic heterocycles. The highest BCUT2D eigenvalue weighted by Crippen LogP contribution is 2.62. The summed E-state index contributed by atoms with van der Waals surface area (Å²) in [7, 11) is 0. The molecule has 1 fully saturated rings. The standard InChI is InChI=1S/C20H32O2/c1-5-18(2)10-8-15-14(12-18)6-7-16-19(15,3)11-9-17(22)20(16,4)13-21/h5,16-17,21-22H,1,6-13H2,2-4H3. The molecular formula is C20H32O2. The Morgan fingerprint density at radius 1 is 1.18 bits per heavy atom. The number of allylic oxidation sites excluding steroid dienone is 3. The zero-order valence-corrected chi connectivity index (χ0v) is 14.5. The van der Waals surface area contributed by atoms with Crippen molar-refractivity contribution < 1.29 is 10.2 Å². The minimum Gasteiger partial charge on any atom is -0.396 e. The van der Waals surface area contributed by atoms with E-state index in [9.17, 15) is 10.2 Å². The molecule has 3 aliphatic carbocycles. The molecule has 2 nitrogen and oxygen atoms in total. The van der Waals surface area contributed by atoms with Crippen molar-refractivity contribution in [2.75, 3.05) is 6.61 Å². The van der Waals surface area contributed by atoms with Crippen LogP contribution in [0.3, 0.4) is 0 Å². The highest BCUT2D eigenvalue weighted by Gasteiger charge is 2.56. The van der Waals surface area contributed by atoms with Crippen LogP contribution in [0.15, 0.2) is 23.8 Å². The van der Waals surface area contributed by atoms with E-state index in [0.717, 1.165) is 32.1 Å². The molecule has 1 saturated carbocycles. The lowest BCUT2D eigenvalue weighted by molar-refractivity contribution is -0.124. The lowest BCUT2D eigenvalue weighted by Gasteiger charge is -2.59. The van der Waals surface area contributed by atoms with Gasteiger partial charge in [-0.2, -0.15) is 0 Å². The monoisotopic (exact) mass is 304 g/mol. The van der Waals surface area contributed by atoms with Crippen molar-refractivity contribution in [3.63, 3.8) is 0 Å². The Kier molecular flexibility index (Phi) is 3.85. The van der Waals surface area contributed by atoms with Gasteiger partial charge in [0.25, 0.3) is 0 Å². The number of aliphatic hydroxyl groups excluding tert-OH is 2. The average Bonchev–Trinajstić information content (AvgIpc) is 2.51. The first-order valence-electron chi connectivity index (χ1n) is 8.93. The molecule has 5 atom stereocenters. The van der Waals surface area contributed by atoms with Crippen LogP contribution >= 0.6 is 0 Å². The third-order valence-electron chi connectivity index (χ3n) is 7.51. The van der Waals surface area contributed by atoms with Gasteiger partial charge in [0.05, 0.1) is 12.7 Å². The van der Waals surface area contributed by atoms with E-state index in [-0.39, 0.29) is 29.0 Å². The molecule has 22 heavy (non-hydrogen) atoms. The van der Waals surface area contributed by atoms with Crippen molar-refractivity contribution >= 4 is 0 Å². The van der Waals surface area contributed by atoms with Crippen LogP contribution in [-0.2, 0) is 0 Å². The van der Waals surface area contributed by atoms with Gasteiger partial charge in [-0.05, 0) is 61.7 Å². The second kappa shape index (κ2) is 5.21. The largest absolute Gasteiger partial charge is 0.396 e. The van der Waals surface area contributed by atoms with Crippen molar-refractivity contribution in [2.45, 2.75) is 71.8 Å². The summed E-state index contributed by atoms with van der Waals surface area (Å²) in [6, 6.07) is 0. The highest BCUT2D eigenvalue weighted by atomic mass is 16.3. The Balaban J connectivity index is 2.00. The Morgan fingerprint density at radius 3 is 2.55 bits per heavy atom. The van der Waals surface area contributed by atoms with E-state index >= 15 is 0 Å². The molecule has 3 rings (SSSR count). The molecule has 124 valence electrons. The number of fused-ring (bicyclic) bond motifs is 2. The first-order chi connectivity index (χ1) is 10.3. The van der Waals surface area contributed by atoms with Crippen LogP contribution in [-0.4, -0.2) is 22.9 Å². The summed E-state index contributed by atoms with van der Waals surface area (Å²) in [6.07, 6.45) is 9.44. The molecule has 2 N–H and O–H groups in total. The number of aliphatic hydroxyl groups is 2. The van der Waals surface area contributed by atoms with E-state index in [0.29, 0.717) is 5.92 Å². The number of hydrogen-bond donors (Lipinski definition) is 2. The fourth-order valence-electron chi connectivity index (χ4n) is 5.82. The van der Waals surface area contributed by atoms with Crippen LogP contribution in [0.25, 0.3) is 0 Å². The van der Waals surface area contributed by atoms with Crippen LogP contribution < -0.4 is 0 Å². The van der Waals surface area contributed by atoms with Crippen LogP contribution in [0.4, 0.5) is 0 Å². The second-order valence-corrected chi connectivity index (χ2v) is 8.84. The van der Waals surface area contributed by atoms with E-state index in [1.54, 1.807) is 11.1 Å². The Labute approximate surface area is 135 Å². The molecule has 0 aromatic rings. The number of hydrogen-bond acceptors (Lipinski definition) is 2. The smallest absolute Gasteiger partial charge is 0.0619 e. The third-order valence-corrected chi connectivity index (χ3v) is 7.51. The van der Waals surface area contributed by atoms with E-state index in [1.165, 1.54) is 12.8 Å². The Hall–Kier alpha value is -0.600. The molecule has 5 unspecified atom stereocenters. The summed E-state index contributed by atoms with van der Waals surface area (Å²) in [4.78, 5) is 0. The lowest BCUT2D eigenvalue weighted by Crippen LogP contribution is -2.55. The van der Waals surface area contributed by atoms with Gasteiger partial charge in [-0.3, -0.25) is 0 Å². The van der Waals surface area contributed by atoms with E-state index in [1.807, 2.05) is 0 Å². The van der Waals surface area contributed by atoms with E-state index < -0.39 is 0 Å². The molecule has 2 heteroatoms. The van der Waals surface area contributed by atoms with Gasteiger partial charge in [-0.25, -0.2) is 0 Å². The molecule has 0 aromatic carbocycles. The predicted molar refractivity (Wildman–Crippen MR) is 90.4 cm³/mol. The van der Waals surface area contributed by atoms with Crippen LogP contribution in [0.2, 0.25) is 0 Å². The summed E-state index contributed by atoms with van der Waals surface area (Å²) in [5.74, 6) is 0.403. The first-order valence-corrected chi connectivity index (χ1v) is 8.93. The van der Waals surface area contributed by atoms with Crippen LogP contribution in [0.5, 0.6) is 0 Å². The van der Waals surface area contributed by atoms with Crippen molar-refractivity contribution in [1.29, 1.82) is 0 Å². The summed E-state index contributed by atoms with van der Waals surface area (Å²) in [5, 5.41) is 20.5. The molecule has 0 aliphatic heterocycles. The molecule has 0 amide bonds. The van der Waals surface area contributed by atoms with E-state index in [2.05, 4.69) is 33.4 Å². The highest BCUT2D eigenvalue weighted by molar-refractivity contribution is 5.33. The SMILES string of the molecule is C=CC1(C)CCC2=C(CCC3C2(C)CCC(O)C3(C)CO)C1. The molecule has 0 heterocycles. The summed E-state index contributed by atoms with van der Waals surface area (Å²) in [6.45, 7) is 11.0. The minimum atomic E-state index is -0.361. The molecule has 0 spiro atoms. The van der Waals surface area contributed by atoms with Crippen molar-refractivity contribution in [3.05, 3.63) is 23.8 Å². The lowest BCUT2D eigenvalue weighted by atomic mass is 9.47. The Bertz CT molecular complexity index is 508. The summed E-state index contributed by atoms with van der Waals surface area (Å²) < 4.78 is 0. The summed E-state index contributed by atoms with van der Waals surface area (Å²) in [5.41, 5.74) is 3.41. The molecule has 3 aliphatic rings. The van der Waals surface area contributed by atoms with Gasteiger partial charge in [0.15, 0.2) is 0 Å². The molecule has 0 bridgehead atoms. The third kappa shape index (κ3) is 2.14. The average molecular weight is 304 g/mol. The predicted octanol–water partition coefficient (Wildman–Crippen LogP) is 4.23. The van der Waals surface area contributed by atoms with E-state index in [4.69, 9.17) is 0 Å². The van der Waals surface area contributed by atoms with Gasteiger partial charge in [-0.1, -0.05) is 38.0 Å². The Morgan fingerprint density at radius 2 is 1.91 bits per heavy atom. The molecular weight excluding hydrogens is 272 g/mol. The maximum atomic E-state index is 10.5. The van der Waals surface area contributed by atoms with Gasteiger partial charge in [0.1, 0.15) is 0 Å². The zero-order valence-electron chi connectivity index (χ0n) is 14.5. The molecule has 0 radical (unpaired) electrons. The fraction of sp³-hybridized carbons (Fsp3) is 0.800. The fourth-order valence-corrected chi connectivity index (χ4v) is 5.82. The first kappa shape index (κ1) is 16.3. The van der Waals surface area contributed by atoms with Gasteiger partial charge < -0.3 is 10.2 Å². The van der Waals surface area contributed by atoms with Crippen molar-refractivity contribution in [3.8, 4) is 0 Å². The maximum Gasteiger partial charge on any atom is 0.0619 e. The van der Waals surface area contributed by atoms with Gasteiger partial charge in [0, 0.05) is 5.41 Å². The summed E-state index contributed by atoms with van der Waals surface area (Å²) >= 11 is 0. The zero-order chi connectivity index (χ0) is 16.2. The maximum absolute atomic E-state index is 10.5. The quantitative estimate of drug-likeness (QED) is 0.750. The minimum absolute atomic E-state index is 0.0986.